The van der Waals surface area contributed by atoms with Crippen LogP contribution < -0.4 is 4.90 Å². The SMILES string of the molecule is Cc1cccc(-c2ncc(CCc3nccn4c(N5CCN(C)CC5)cnc34)cc2C)c1. The lowest BCUT2D eigenvalue weighted by Gasteiger charge is -2.33. The van der Waals surface area contributed by atoms with E-state index in [4.69, 9.17) is 9.97 Å². The fourth-order valence-corrected chi connectivity index (χ4v) is 4.53. The number of pyridine rings is 1. The summed E-state index contributed by atoms with van der Waals surface area (Å²) in [6.45, 7) is 8.47. The molecular formula is C26H30N6. The molecule has 1 aromatic carbocycles. The van der Waals surface area contributed by atoms with E-state index in [1.54, 1.807) is 0 Å². The lowest BCUT2D eigenvalue weighted by atomic mass is 10.0. The first-order chi connectivity index (χ1) is 15.6. The third-order valence-electron chi connectivity index (χ3n) is 6.39. The van der Waals surface area contributed by atoms with Crippen LogP contribution in [0.3, 0.4) is 0 Å². The van der Waals surface area contributed by atoms with Crippen molar-refractivity contribution in [2.24, 2.45) is 0 Å². The maximum atomic E-state index is 4.78. The lowest BCUT2D eigenvalue weighted by Crippen LogP contribution is -2.44. The largest absolute Gasteiger partial charge is 0.354 e. The Bertz CT molecular complexity index is 1240. The van der Waals surface area contributed by atoms with Crippen LogP contribution in [-0.4, -0.2) is 57.5 Å². The summed E-state index contributed by atoms with van der Waals surface area (Å²) in [6, 6.07) is 10.8. The first kappa shape index (κ1) is 20.6. The molecule has 6 nitrogen and oxygen atoms in total. The van der Waals surface area contributed by atoms with Gasteiger partial charge in [0.2, 0.25) is 0 Å². The predicted octanol–water partition coefficient (Wildman–Crippen LogP) is 3.95. The minimum Gasteiger partial charge on any atom is -0.354 e. The number of piperazine rings is 1. The molecule has 0 amide bonds. The molecule has 5 rings (SSSR count). The van der Waals surface area contributed by atoms with E-state index in [-0.39, 0.29) is 0 Å². The molecule has 0 saturated carbocycles. The number of rotatable bonds is 5. The van der Waals surface area contributed by atoms with Gasteiger partial charge in [0.15, 0.2) is 5.65 Å². The van der Waals surface area contributed by atoms with Crippen molar-refractivity contribution in [3.63, 3.8) is 0 Å². The van der Waals surface area contributed by atoms with Crippen molar-refractivity contribution in [3.8, 4) is 11.3 Å². The van der Waals surface area contributed by atoms with E-state index in [1.165, 1.54) is 22.3 Å². The molecule has 164 valence electrons. The molecule has 1 aliphatic rings. The number of likely N-dealkylation sites (N-methyl/N-ethyl adjacent to an activating group) is 1. The molecule has 3 aromatic heterocycles. The van der Waals surface area contributed by atoms with E-state index in [1.807, 2.05) is 24.8 Å². The molecule has 1 fully saturated rings. The second-order valence-corrected chi connectivity index (χ2v) is 8.85. The second kappa shape index (κ2) is 8.71. The quantitative estimate of drug-likeness (QED) is 0.484. The molecule has 4 aromatic rings. The number of hydrogen-bond donors (Lipinski definition) is 0. The molecule has 0 N–H and O–H groups in total. The van der Waals surface area contributed by atoms with Crippen molar-refractivity contribution < 1.29 is 0 Å². The van der Waals surface area contributed by atoms with Gasteiger partial charge in [-0.1, -0.05) is 29.8 Å². The monoisotopic (exact) mass is 426 g/mol. The fraction of sp³-hybridized carbons (Fsp3) is 0.346. The van der Waals surface area contributed by atoms with Gasteiger partial charge in [0.1, 0.15) is 5.82 Å². The van der Waals surface area contributed by atoms with Gasteiger partial charge in [0.25, 0.3) is 0 Å². The Labute approximate surface area is 189 Å². The summed E-state index contributed by atoms with van der Waals surface area (Å²) in [4.78, 5) is 19.0. The molecule has 0 unspecified atom stereocenters. The molecule has 0 atom stereocenters. The predicted molar refractivity (Wildman–Crippen MR) is 129 cm³/mol. The highest BCUT2D eigenvalue weighted by atomic mass is 15.3. The minimum absolute atomic E-state index is 0.842. The number of fused-ring (bicyclic) bond motifs is 1. The average Bonchev–Trinajstić information content (AvgIpc) is 3.23. The van der Waals surface area contributed by atoms with Crippen LogP contribution in [0.4, 0.5) is 5.82 Å². The standard InChI is InChI=1S/C26H30N6/c1-19-5-4-6-22(15-19)25-20(2)16-21(17-28-25)7-8-23-26-29-18-24(32(26)10-9-27-23)31-13-11-30(3)12-14-31/h4-6,9-10,15-18H,7-8,11-14H2,1-3H3. The molecule has 0 aliphatic carbocycles. The highest BCUT2D eigenvalue weighted by Crippen LogP contribution is 2.24. The number of aryl methyl sites for hydroxylation is 4. The Morgan fingerprint density at radius 2 is 1.75 bits per heavy atom. The van der Waals surface area contributed by atoms with Gasteiger partial charge < -0.3 is 9.80 Å². The Morgan fingerprint density at radius 1 is 0.906 bits per heavy atom. The topological polar surface area (TPSA) is 49.6 Å². The molecule has 6 heteroatoms. The molecule has 0 radical (unpaired) electrons. The van der Waals surface area contributed by atoms with Gasteiger partial charge >= 0.3 is 0 Å². The highest BCUT2D eigenvalue weighted by Gasteiger charge is 2.18. The summed E-state index contributed by atoms with van der Waals surface area (Å²) in [5.41, 5.74) is 7.92. The molecule has 0 spiro atoms. The smallest absolute Gasteiger partial charge is 0.160 e. The van der Waals surface area contributed by atoms with Crippen LogP contribution in [0, 0.1) is 13.8 Å². The summed E-state index contributed by atoms with van der Waals surface area (Å²) in [7, 11) is 2.18. The van der Waals surface area contributed by atoms with Crippen LogP contribution in [0.2, 0.25) is 0 Å². The normalized spacial score (nSPS) is 14.9. The summed E-state index contributed by atoms with van der Waals surface area (Å²) < 4.78 is 2.19. The number of anilines is 1. The van der Waals surface area contributed by atoms with Crippen LogP contribution in [0.25, 0.3) is 16.9 Å². The molecule has 1 aliphatic heterocycles. The van der Waals surface area contributed by atoms with Crippen LogP contribution in [-0.2, 0) is 12.8 Å². The van der Waals surface area contributed by atoms with Crippen LogP contribution >= 0.6 is 0 Å². The van der Waals surface area contributed by atoms with E-state index < -0.39 is 0 Å². The first-order valence-electron chi connectivity index (χ1n) is 11.4. The van der Waals surface area contributed by atoms with Crippen LogP contribution in [0.15, 0.2) is 55.1 Å². The number of aromatic nitrogens is 4. The lowest BCUT2D eigenvalue weighted by molar-refractivity contribution is 0.312. The average molecular weight is 427 g/mol. The van der Waals surface area contributed by atoms with Crippen molar-refractivity contribution in [3.05, 3.63) is 77.5 Å². The fourth-order valence-electron chi connectivity index (χ4n) is 4.53. The van der Waals surface area contributed by atoms with Crippen molar-refractivity contribution in [2.45, 2.75) is 26.7 Å². The molecule has 4 heterocycles. The zero-order valence-electron chi connectivity index (χ0n) is 19.1. The number of nitrogens with zero attached hydrogens (tertiary/aromatic N) is 6. The maximum Gasteiger partial charge on any atom is 0.160 e. The molecule has 0 bridgehead atoms. The number of imidazole rings is 1. The van der Waals surface area contributed by atoms with Crippen molar-refractivity contribution in [1.29, 1.82) is 0 Å². The van der Waals surface area contributed by atoms with Gasteiger partial charge in [0.05, 0.1) is 17.6 Å². The second-order valence-electron chi connectivity index (χ2n) is 8.85. The third-order valence-corrected chi connectivity index (χ3v) is 6.39. The Hall–Kier alpha value is -3.25. The van der Waals surface area contributed by atoms with E-state index in [2.05, 4.69) is 70.4 Å². The van der Waals surface area contributed by atoms with Gasteiger partial charge in [-0.25, -0.2) is 4.98 Å². The molecule has 1 saturated heterocycles. The Kier molecular flexibility index (Phi) is 5.62. The third kappa shape index (κ3) is 4.10. The zero-order chi connectivity index (χ0) is 22.1. The van der Waals surface area contributed by atoms with Gasteiger partial charge in [-0.2, -0.15) is 0 Å². The van der Waals surface area contributed by atoms with Crippen molar-refractivity contribution >= 4 is 11.5 Å². The van der Waals surface area contributed by atoms with E-state index in [0.717, 1.165) is 61.9 Å². The van der Waals surface area contributed by atoms with Gasteiger partial charge in [-0.05, 0) is 50.9 Å². The number of hydrogen-bond acceptors (Lipinski definition) is 5. The van der Waals surface area contributed by atoms with Gasteiger partial charge in [-0.15, -0.1) is 0 Å². The molecular weight excluding hydrogens is 396 g/mol. The summed E-state index contributed by atoms with van der Waals surface area (Å²) >= 11 is 0. The first-order valence-corrected chi connectivity index (χ1v) is 11.4. The van der Waals surface area contributed by atoms with Gasteiger partial charge in [0, 0.05) is 50.3 Å². The summed E-state index contributed by atoms with van der Waals surface area (Å²) in [5, 5.41) is 0. The Morgan fingerprint density at radius 3 is 2.53 bits per heavy atom. The minimum atomic E-state index is 0.842. The van der Waals surface area contributed by atoms with E-state index >= 15 is 0 Å². The van der Waals surface area contributed by atoms with Crippen LogP contribution in [0.1, 0.15) is 22.4 Å². The van der Waals surface area contributed by atoms with Crippen LogP contribution in [0.5, 0.6) is 0 Å². The highest BCUT2D eigenvalue weighted by molar-refractivity contribution is 5.63. The zero-order valence-corrected chi connectivity index (χ0v) is 19.1. The van der Waals surface area contributed by atoms with E-state index in [0.29, 0.717) is 0 Å². The van der Waals surface area contributed by atoms with Crippen molar-refractivity contribution in [2.75, 3.05) is 38.1 Å². The summed E-state index contributed by atoms with van der Waals surface area (Å²) in [6.07, 6.45) is 9.66. The van der Waals surface area contributed by atoms with E-state index in [9.17, 15) is 0 Å². The maximum absolute atomic E-state index is 4.78. The number of benzene rings is 1. The van der Waals surface area contributed by atoms with Crippen molar-refractivity contribution in [1.82, 2.24) is 24.3 Å². The summed E-state index contributed by atoms with van der Waals surface area (Å²) in [5.74, 6) is 1.16. The molecule has 32 heavy (non-hydrogen) atoms. The van der Waals surface area contributed by atoms with Gasteiger partial charge in [-0.3, -0.25) is 14.4 Å². The Balaban J connectivity index is 1.34.